The molecule has 0 aliphatic heterocycles. The molecule has 170 valence electrons. The molecule has 1 N–H and O–H groups in total. The Balaban J connectivity index is 1.61. The minimum Gasteiger partial charge on any atom is -0.466 e. The standard InChI is InChI=1S/C24H30N4O3S/c1-4-28(15-13-20(30)31-5-2)19(29)12-9-14-25-23-22-21(18-10-7-6-8-11-18)17(3)32-24(22)27-16-26-23/h6-8,10-11,16H,4-5,9,12-15H2,1-3H3,(H,25,26,27). The molecule has 0 bridgehead atoms. The van der Waals surface area contributed by atoms with Crippen LogP contribution in [-0.4, -0.2) is 53.0 Å². The number of esters is 1. The Hall–Kier alpha value is -3.00. The number of aryl methyl sites for hydroxylation is 1. The summed E-state index contributed by atoms with van der Waals surface area (Å²) in [6.07, 6.45) is 2.88. The van der Waals surface area contributed by atoms with E-state index in [0.29, 0.717) is 39.1 Å². The van der Waals surface area contributed by atoms with Gasteiger partial charge in [-0.2, -0.15) is 0 Å². The van der Waals surface area contributed by atoms with Crippen LogP contribution in [0.5, 0.6) is 0 Å². The summed E-state index contributed by atoms with van der Waals surface area (Å²) in [5.41, 5.74) is 2.30. The average molecular weight is 455 g/mol. The van der Waals surface area contributed by atoms with Crippen LogP contribution in [0.4, 0.5) is 5.82 Å². The molecule has 3 aromatic rings. The van der Waals surface area contributed by atoms with Crippen molar-refractivity contribution in [2.45, 2.75) is 40.0 Å². The zero-order valence-electron chi connectivity index (χ0n) is 18.9. The molecule has 2 aromatic heterocycles. The first-order valence-corrected chi connectivity index (χ1v) is 11.8. The topological polar surface area (TPSA) is 84.4 Å². The summed E-state index contributed by atoms with van der Waals surface area (Å²) in [5.74, 6) is 0.566. The second kappa shape index (κ2) is 11.6. The fourth-order valence-corrected chi connectivity index (χ4v) is 4.67. The molecule has 0 radical (unpaired) electrons. The first-order chi connectivity index (χ1) is 15.5. The van der Waals surface area contributed by atoms with Gasteiger partial charge in [-0.1, -0.05) is 30.3 Å². The van der Waals surface area contributed by atoms with E-state index >= 15 is 0 Å². The fraction of sp³-hybridized carbons (Fsp3) is 0.417. The molecule has 0 aliphatic rings. The van der Waals surface area contributed by atoms with Gasteiger partial charge in [0.05, 0.1) is 18.4 Å². The van der Waals surface area contributed by atoms with Crippen molar-refractivity contribution in [2.24, 2.45) is 0 Å². The molecule has 0 saturated carbocycles. The summed E-state index contributed by atoms with van der Waals surface area (Å²) in [4.78, 5) is 36.9. The zero-order valence-corrected chi connectivity index (χ0v) is 19.7. The quantitative estimate of drug-likeness (QED) is 0.335. The lowest BCUT2D eigenvalue weighted by Gasteiger charge is -2.20. The summed E-state index contributed by atoms with van der Waals surface area (Å²) in [5, 5.41) is 4.43. The minimum absolute atomic E-state index is 0.0442. The van der Waals surface area contributed by atoms with Crippen molar-refractivity contribution in [3.05, 3.63) is 41.5 Å². The lowest BCUT2D eigenvalue weighted by Crippen LogP contribution is -2.33. The second-order valence-corrected chi connectivity index (χ2v) is 8.56. The number of carbonyl (C=O) groups is 2. The number of ether oxygens (including phenoxy) is 1. The molecule has 32 heavy (non-hydrogen) atoms. The highest BCUT2D eigenvalue weighted by molar-refractivity contribution is 7.19. The van der Waals surface area contributed by atoms with Gasteiger partial charge in [-0.3, -0.25) is 9.59 Å². The van der Waals surface area contributed by atoms with Crippen LogP contribution in [0, 0.1) is 6.92 Å². The molecule has 1 aromatic carbocycles. The summed E-state index contributed by atoms with van der Waals surface area (Å²) < 4.78 is 4.94. The smallest absolute Gasteiger partial charge is 0.307 e. The number of hydrogen-bond acceptors (Lipinski definition) is 7. The number of fused-ring (bicyclic) bond motifs is 1. The van der Waals surface area contributed by atoms with Crippen LogP contribution in [0.2, 0.25) is 0 Å². The van der Waals surface area contributed by atoms with Crippen molar-refractivity contribution in [2.75, 3.05) is 31.6 Å². The Morgan fingerprint density at radius 3 is 2.62 bits per heavy atom. The summed E-state index contributed by atoms with van der Waals surface area (Å²) >= 11 is 1.66. The minimum atomic E-state index is -0.270. The number of thiophene rings is 1. The van der Waals surface area contributed by atoms with Gasteiger partial charge in [0, 0.05) is 36.5 Å². The van der Waals surface area contributed by atoms with Crippen molar-refractivity contribution < 1.29 is 14.3 Å². The van der Waals surface area contributed by atoms with E-state index in [2.05, 4.69) is 34.3 Å². The Morgan fingerprint density at radius 2 is 1.91 bits per heavy atom. The highest BCUT2D eigenvalue weighted by Gasteiger charge is 2.17. The molecule has 0 saturated heterocycles. The van der Waals surface area contributed by atoms with Crippen molar-refractivity contribution >= 4 is 39.2 Å². The number of nitrogens with zero attached hydrogens (tertiary/aromatic N) is 3. The van der Waals surface area contributed by atoms with E-state index in [4.69, 9.17) is 4.74 Å². The molecule has 2 heterocycles. The van der Waals surface area contributed by atoms with Crippen LogP contribution in [0.15, 0.2) is 36.7 Å². The number of hydrogen-bond donors (Lipinski definition) is 1. The SMILES string of the molecule is CCOC(=O)CCN(CC)C(=O)CCCNc1ncnc2sc(C)c(-c3ccccc3)c12. The van der Waals surface area contributed by atoms with E-state index in [9.17, 15) is 9.59 Å². The number of aromatic nitrogens is 2. The van der Waals surface area contributed by atoms with Gasteiger partial charge in [0.1, 0.15) is 17.0 Å². The van der Waals surface area contributed by atoms with E-state index in [1.807, 2.05) is 25.1 Å². The van der Waals surface area contributed by atoms with Gasteiger partial charge in [-0.15, -0.1) is 11.3 Å². The molecule has 0 atom stereocenters. The average Bonchev–Trinajstić information content (AvgIpc) is 3.14. The first kappa shape index (κ1) is 23.7. The molecule has 0 spiro atoms. The molecular formula is C24H30N4O3S. The van der Waals surface area contributed by atoms with Crippen molar-refractivity contribution in [3.63, 3.8) is 0 Å². The van der Waals surface area contributed by atoms with E-state index in [1.165, 1.54) is 4.88 Å². The Labute approximate surface area is 192 Å². The molecule has 0 fully saturated rings. The van der Waals surface area contributed by atoms with Gasteiger partial charge in [0.25, 0.3) is 0 Å². The van der Waals surface area contributed by atoms with Crippen molar-refractivity contribution in [3.8, 4) is 11.1 Å². The lowest BCUT2D eigenvalue weighted by molar-refractivity contribution is -0.144. The normalized spacial score (nSPS) is 10.8. The van der Waals surface area contributed by atoms with Crippen molar-refractivity contribution in [1.82, 2.24) is 14.9 Å². The van der Waals surface area contributed by atoms with Gasteiger partial charge in [0.15, 0.2) is 0 Å². The molecule has 0 aliphatic carbocycles. The number of carbonyl (C=O) groups excluding carboxylic acids is 2. The predicted octanol–water partition coefficient (Wildman–Crippen LogP) is 4.66. The third kappa shape index (κ3) is 5.82. The number of rotatable bonds is 11. The van der Waals surface area contributed by atoms with E-state index in [1.54, 1.807) is 29.5 Å². The summed E-state index contributed by atoms with van der Waals surface area (Å²) in [6, 6.07) is 10.3. The van der Waals surface area contributed by atoms with Gasteiger partial charge >= 0.3 is 5.97 Å². The van der Waals surface area contributed by atoms with Crippen LogP contribution >= 0.6 is 11.3 Å². The molecular weight excluding hydrogens is 424 g/mol. The monoisotopic (exact) mass is 454 g/mol. The van der Waals surface area contributed by atoms with E-state index in [-0.39, 0.29) is 18.3 Å². The van der Waals surface area contributed by atoms with Crippen LogP contribution in [0.25, 0.3) is 21.3 Å². The van der Waals surface area contributed by atoms with Crippen molar-refractivity contribution in [1.29, 1.82) is 0 Å². The van der Waals surface area contributed by atoms with Crippen LogP contribution in [0.1, 0.15) is 38.0 Å². The zero-order chi connectivity index (χ0) is 22.9. The van der Waals surface area contributed by atoms with Crippen LogP contribution in [-0.2, 0) is 14.3 Å². The molecule has 8 heteroatoms. The highest BCUT2D eigenvalue weighted by Crippen LogP contribution is 2.40. The fourth-order valence-electron chi connectivity index (χ4n) is 3.65. The van der Waals surface area contributed by atoms with Crippen LogP contribution in [0.3, 0.4) is 0 Å². The molecule has 7 nitrogen and oxygen atoms in total. The third-order valence-electron chi connectivity index (χ3n) is 5.21. The Kier molecular flexibility index (Phi) is 8.56. The first-order valence-electron chi connectivity index (χ1n) is 11.0. The van der Waals surface area contributed by atoms with E-state index in [0.717, 1.165) is 27.2 Å². The maximum Gasteiger partial charge on any atom is 0.307 e. The van der Waals surface area contributed by atoms with Gasteiger partial charge in [0.2, 0.25) is 5.91 Å². The third-order valence-corrected chi connectivity index (χ3v) is 6.23. The number of anilines is 1. The van der Waals surface area contributed by atoms with Crippen LogP contribution < -0.4 is 5.32 Å². The lowest BCUT2D eigenvalue weighted by atomic mass is 10.0. The maximum absolute atomic E-state index is 12.5. The number of amides is 1. The number of nitrogens with one attached hydrogen (secondary N) is 1. The molecule has 0 unspecified atom stereocenters. The summed E-state index contributed by atoms with van der Waals surface area (Å²) in [7, 11) is 0. The number of benzene rings is 1. The Bertz CT molecular complexity index is 1050. The largest absolute Gasteiger partial charge is 0.466 e. The summed E-state index contributed by atoms with van der Waals surface area (Å²) in [6.45, 7) is 7.75. The Morgan fingerprint density at radius 1 is 1.12 bits per heavy atom. The molecule has 3 rings (SSSR count). The van der Waals surface area contributed by atoms with Gasteiger partial charge in [-0.25, -0.2) is 9.97 Å². The van der Waals surface area contributed by atoms with Gasteiger partial charge in [-0.05, 0) is 32.8 Å². The molecule has 1 amide bonds. The maximum atomic E-state index is 12.5. The predicted molar refractivity (Wildman–Crippen MR) is 129 cm³/mol. The van der Waals surface area contributed by atoms with E-state index < -0.39 is 0 Å². The second-order valence-electron chi connectivity index (χ2n) is 7.36. The highest BCUT2D eigenvalue weighted by atomic mass is 32.1. The van der Waals surface area contributed by atoms with Gasteiger partial charge < -0.3 is 15.0 Å².